The Bertz CT molecular complexity index is 1140. The largest absolute Gasteiger partial charge is 0.493 e. The third-order valence-corrected chi connectivity index (χ3v) is 4.35. The van der Waals surface area contributed by atoms with Crippen molar-refractivity contribution in [3.05, 3.63) is 95.6 Å². The summed E-state index contributed by atoms with van der Waals surface area (Å²) in [5.74, 6) is 0.567. The lowest BCUT2D eigenvalue weighted by atomic mass is 10.2. The van der Waals surface area contributed by atoms with Crippen molar-refractivity contribution >= 4 is 24.2 Å². The number of benzene rings is 3. The molecule has 0 aromatic heterocycles. The highest BCUT2D eigenvalue weighted by molar-refractivity contribution is 5.95. The van der Waals surface area contributed by atoms with Crippen LogP contribution in [0.15, 0.2) is 84.0 Å². The van der Waals surface area contributed by atoms with Gasteiger partial charge in [0.25, 0.3) is 5.91 Å². The Balaban J connectivity index is 1.64. The quantitative estimate of drug-likeness (QED) is 0.191. The Hall–Kier alpha value is -4.39. The minimum absolute atomic E-state index is 0.312. The molecular formula is C25H22N2O5. The average Bonchev–Trinajstić information content (AvgIpc) is 2.84. The Morgan fingerprint density at radius 2 is 1.56 bits per heavy atom. The van der Waals surface area contributed by atoms with Gasteiger partial charge in [-0.25, -0.2) is 10.2 Å². The van der Waals surface area contributed by atoms with E-state index in [0.29, 0.717) is 28.4 Å². The second-order valence-electron chi connectivity index (χ2n) is 6.47. The molecule has 0 atom stereocenters. The molecule has 0 aliphatic heterocycles. The molecule has 0 spiro atoms. The summed E-state index contributed by atoms with van der Waals surface area (Å²) in [5, 5.41) is 3.96. The van der Waals surface area contributed by atoms with Crippen molar-refractivity contribution in [1.82, 2.24) is 5.43 Å². The van der Waals surface area contributed by atoms with Crippen molar-refractivity contribution < 1.29 is 23.8 Å². The van der Waals surface area contributed by atoms with Crippen LogP contribution in [0.3, 0.4) is 0 Å². The molecule has 0 fully saturated rings. The van der Waals surface area contributed by atoms with Crippen LogP contribution in [0.1, 0.15) is 21.5 Å². The van der Waals surface area contributed by atoms with Crippen molar-refractivity contribution in [3.8, 4) is 17.2 Å². The van der Waals surface area contributed by atoms with Crippen molar-refractivity contribution in [2.24, 2.45) is 5.10 Å². The van der Waals surface area contributed by atoms with E-state index in [1.165, 1.54) is 12.3 Å². The lowest BCUT2D eigenvalue weighted by Crippen LogP contribution is -2.17. The standard InChI is InChI=1S/C25H22N2O5/c1-30-22-14-12-18(16-23(22)31-2)13-15-24(28)32-21-11-7-6-10-20(21)17-26-27-25(29)19-8-4-3-5-9-19/h3-17H,1-2H3,(H,27,29)/b15-13+,26-17+. The molecule has 3 rings (SSSR count). The van der Waals surface area contributed by atoms with Crippen LogP contribution < -0.4 is 19.6 Å². The second-order valence-corrected chi connectivity index (χ2v) is 6.47. The molecule has 7 nitrogen and oxygen atoms in total. The number of ether oxygens (including phenoxy) is 3. The summed E-state index contributed by atoms with van der Waals surface area (Å²) in [6.45, 7) is 0. The van der Waals surface area contributed by atoms with Gasteiger partial charge >= 0.3 is 5.97 Å². The molecule has 0 unspecified atom stereocenters. The first-order valence-electron chi connectivity index (χ1n) is 9.70. The number of hydrogen-bond donors (Lipinski definition) is 1. The average molecular weight is 430 g/mol. The molecule has 0 aliphatic carbocycles. The number of hydrazone groups is 1. The van der Waals surface area contributed by atoms with Crippen LogP contribution >= 0.6 is 0 Å². The molecule has 3 aromatic carbocycles. The highest BCUT2D eigenvalue weighted by Gasteiger charge is 2.07. The Morgan fingerprint density at radius 3 is 2.31 bits per heavy atom. The highest BCUT2D eigenvalue weighted by atomic mass is 16.5. The van der Waals surface area contributed by atoms with Crippen LogP contribution in [-0.2, 0) is 4.79 Å². The first kappa shape index (κ1) is 22.3. The maximum absolute atomic E-state index is 12.3. The zero-order chi connectivity index (χ0) is 22.8. The van der Waals surface area contributed by atoms with E-state index in [9.17, 15) is 9.59 Å². The summed E-state index contributed by atoms with van der Waals surface area (Å²) >= 11 is 0. The summed E-state index contributed by atoms with van der Waals surface area (Å²) < 4.78 is 15.9. The third-order valence-electron chi connectivity index (χ3n) is 4.35. The summed E-state index contributed by atoms with van der Waals surface area (Å²) in [6.07, 6.45) is 4.34. The Labute approximate surface area is 185 Å². The lowest BCUT2D eigenvalue weighted by Gasteiger charge is -2.07. The van der Waals surface area contributed by atoms with Gasteiger partial charge in [-0.3, -0.25) is 4.79 Å². The van der Waals surface area contributed by atoms with Gasteiger partial charge in [-0.05, 0) is 48.0 Å². The van der Waals surface area contributed by atoms with E-state index in [1.54, 1.807) is 87.0 Å². The van der Waals surface area contributed by atoms with Gasteiger partial charge in [0.2, 0.25) is 0 Å². The smallest absolute Gasteiger partial charge is 0.336 e. The Morgan fingerprint density at radius 1 is 0.844 bits per heavy atom. The first-order valence-corrected chi connectivity index (χ1v) is 9.70. The second kappa shape index (κ2) is 11.1. The number of para-hydroxylation sites is 1. The fourth-order valence-electron chi connectivity index (χ4n) is 2.76. The number of hydrogen-bond acceptors (Lipinski definition) is 6. The summed E-state index contributed by atoms with van der Waals surface area (Å²) in [4.78, 5) is 24.4. The molecule has 1 N–H and O–H groups in total. The van der Waals surface area contributed by atoms with E-state index in [2.05, 4.69) is 10.5 Å². The van der Waals surface area contributed by atoms with Crippen LogP contribution in [0.4, 0.5) is 0 Å². The highest BCUT2D eigenvalue weighted by Crippen LogP contribution is 2.28. The molecule has 32 heavy (non-hydrogen) atoms. The van der Waals surface area contributed by atoms with Crippen molar-refractivity contribution in [3.63, 3.8) is 0 Å². The van der Waals surface area contributed by atoms with Crippen LogP contribution in [0, 0.1) is 0 Å². The zero-order valence-electron chi connectivity index (χ0n) is 17.6. The van der Waals surface area contributed by atoms with Gasteiger partial charge in [0.1, 0.15) is 5.75 Å². The fraction of sp³-hybridized carbons (Fsp3) is 0.0800. The van der Waals surface area contributed by atoms with E-state index in [4.69, 9.17) is 14.2 Å². The third kappa shape index (κ3) is 6.06. The number of nitrogens with one attached hydrogen (secondary N) is 1. The number of carbonyl (C=O) groups is 2. The summed E-state index contributed by atoms with van der Waals surface area (Å²) in [6, 6.07) is 20.9. The van der Waals surface area contributed by atoms with Crippen molar-refractivity contribution in [1.29, 1.82) is 0 Å². The minimum Gasteiger partial charge on any atom is -0.493 e. The van der Waals surface area contributed by atoms with Crippen LogP contribution in [0.5, 0.6) is 17.2 Å². The number of nitrogens with zero attached hydrogens (tertiary/aromatic N) is 1. The van der Waals surface area contributed by atoms with Crippen LogP contribution in [-0.4, -0.2) is 32.3 Å². The van der Waals surface area contributed by atoms with E-state index in [1.807, 2.05) is 6.07 Å². The van der Waals surface area contributed by atoms with Gasteiger partial charge in [-0.1, -0.05) is 36.4 Å². The van der Waals surface area contributed by atoms with E-state index >= 15 is 0 Å². The predicted molar refractivity (Wildman–Crippen MR) is 122 cm³/mol. The molecule has 0 radical (unpaired) electrons. The number of esters is 1. The monoisotopic (exact) mass is 430 g/mol. The van der Waals surface area contributed by atoms with E-state index < -0.39 is 5.97 Å². The summed E-state index contributed by atoms with van der Waals surface area (Å²) in [5.41, 5.74) is 4.22. The molecule has 0 saturated heterocycles. The molecule has 0 saturated carbocycles. The molecule has 1 amide bonds. The molecular weight excluding hydrogens is 408 g/mol. The number of methoxy groups -OCH3 is 2. The first-order chi connectivity index (χ1) is 15.6. The predicted octanol–water partition coefficient (Wildman–Crippen LogP) is 4.09. The molecule has 162 valence electrons. The van der Waals surface area contributed by atoms with Crippen molar-refractivity contribution in [2.45, 2.75) is 0 Å². The van der Waals surface area contributed by atoms with Gasteiger partial charge in [0, 0.05) is 17.2 Å². The maximum Gasteiger partial charge on any atom is 0.336 e. The van der Waals surface area contributed by atoms with E-state index in [-0.39, 0.29) is 5.91 Å². The lowest BCUT2D eigenvalue weighted by molar-refractivity contribution is -0.128. The molecule has 7 heteroatoms. The van der Waals surface area contributed by atoms with Crippen LogP contribution in [0.25, 0.3) is 6.08 Å². The van der Waals surface area contributed by atoms with Gasteiger partial charge in [0.05, 0.1) is 20.4 Å². The maximum atomic E-state index is 12.3. The zero-order valence-corrected chi connectivity index (χ0v) is 17.6. The normalized spacial score (nSPS) is 10.8. The topological polar surface area (TPSA) is 86.2 Å². The van der Waals surface area contributed by atoms with Crippen LogP contribution in [0.2, 0.25) is 0 Å². The van der Waals surface area contributed by atoms with Gasteiger partial charge in [-0.2, -0.15) is 5.10 Å². The van der Waals surface area contributed by atoms with Gasteiger partial charge < -0.3 is 14.2 Å². The van der Waals surface area contributed by atoms with Gasteiger partial charge in [-0.15, -0.1) is 0 Å². The Kier molecular flexibility index (Phi) is 7.75. The fourth-order valence-corrected chi connectivity index (χ4v) is 2.76. The van der Waals surface area contributed by atoms with Gasteiger partial charge in [0.15, 0.2) is 11.5 Å². The molecule has 3 aromatic rings. The van der Waals surface area contributed by atoms with E-state index in [0.717, 1.165) is 5.56 Å². The summed E-state index contributed by atoms with van der Waals surface area (Å²) in [7, 11) is 3.10. The number of amides is 1. The van der Waals surface area contributed by atoms with Crippen molar-refractivity contribution in [2.75, 3.05) is 14.2 Å². The molecule has 0 bridgehead atoms. The SMILES string of the molecule is COc1ccc(/C=C/C(=O)Oc2ccccc2/C=N/NC(=O)c2ccccc2)cc1OC. The number of carbonyl (C=O) groups excluding carboxylic acids is 2. The number of rotatable bonds is 8. The molecule has 0 aliphatic rings. The molecule has 0 heterocycles. The minimum atomic E-state index is -0.561.